The number of nitrogens with two attached hydrogens (primary N) is 1. The van der Waals surface area contributed by atoms with E-state index < -0.39 is 0 Å². The second kappa shape index (κ2) is 6.92. The molecule has 90 valence electrons. The summed E-state index contributed by atoms with van der Waals surface area (Å²) < 4.78 is 1.07. The summed E-state index contributed by atoms with van der Waals surface area (Å²) in [5.41, 5.74) is 7.95. The van der Waals surface area contributed by atoms with Gasteiger partial charge in [0.2, 0.25) is 0 Å². The summed E-state index contributed by atoms with van der Waals surface area (Å²) in [7, 11) is 0. The van der Waals surface area contributed by atoms with Crippen LogP contribution in [-0.2, 0) is 6.54 Å². The van der Waals surface area contributed by atoms with Gasteiger partial charge in [-0.25, -0.2) is 0 Å². The summed E-state index contributed by atoms with van der Waals surface area (Å²) in [5, 5.41) is 0. The zero-order valence-corrected chi connectivity index (χ0v) is 11.8. The number of hydrogen-bond acceptors (Lipinski definition) is 2. The fourth-order valence-electron chi connectivity index (χ4n) is 1.93. The molecular formula is C13H21BrN2. The number of benzene rings is 1. The zero-order chi connectivity index (χ0) is 12.0. The molecule has 0 fully saturated rings. The maximum absolute atomic E-state index is 5.83. The molecule has 0 atom stereocenters. The van der Waals surface area contributed by atoms with Crippen molar-refractivity contribution in [2.75, 3.05) is 18.8 Å². The molecule has 0 spiro atoms. The molecule has 1 rings (SSSR count). The van der Waals surface area contributed by atoms with Crippen molar-refractivity contribution in [2.45, 2.75) is 33.2 Å². The maximum atomic E-state index is 5.83. The monoisotopic (exact) mass is 284 g/mol. The van der Waals surface area contributed by atoms with E-state index in [1.807, 2.05) is 6.07 Å². The molecule has 0 aliphatic rings. The average molecular weight is 285 g/mol. The Balaban J connectivity index is 2.68. The van der Waals surface area contributed by atoms with Crippen molar-refractivity contribution in [1.82, 2.24) is 4.90 Å². The predicted molar refractivity (Wildman–Crippen MR) is 74.4 cm³/mol. The Morgan fingerprint density at radius 2 is 1.75 bits per heavy atom. The van der Waals surface area contributed by atoms with Gasteiger partial charge in [-0.2, -0.15) is 0 Å². The Morgan fingerprint density at radius 3 is 2.25 bits per heavy atom. The van der Waals surface area contributed by atoms with Crippen molar-refractivity contribution < 1.29 is 0 Å². The Morgan fingerprint density at radius 1 is 1.12 bits per heavy atom. The normalized spacial score (nSPS) is 11.0. The SMILES string of the molecule is CCCN(CCC)Cc1cc(N)cc(Br)c1. The minimum atomic E-state index is 0.831. The molecule has 2 nitrogen and oxygen atoms in total. The molecule has 0 aliphatic heterocycles. The molecular weight excluding hydrogens is 264 g/mol. The molecule has 1 aromatic rings. The predicted octanol–water partition coefficient (Wildman–Crippen LogP) is 3.65. The Bertz CT molecular complexity index is 299. The van der Waals surface area contributed by atoms with E-state index in [4.69, 9.17) is 5.73 Å². The number of rotatable bonds is 6. The summed E-state index contributed by atoms with van der Waals surface area (Å²) in [6.45, 7) is 7.74. The molecule has 0 radical (unpaired) electrons. The molecule has 0 aromatic heterocycles. The van der Waals surface area contributed by atoms with Crippen LogP contribution >= 0.6 is 15.9 Å². The molecule has 0 unspecified atom stereocenters. The van der Waals surface area contributed by atoms with Gasteiger partial charge in [0, 0.05) is 16.7 Å². The molecule has 0 saturated carbocycles. The molecule has 0 amide bonds. The first kappa shape index (κ1) is 13.5. The van der Waals surface area contributed by atoms with Crippen molar-refractivity contribution in [2.24, 2.45) is 0 Å². The summed E-state index contributed by atoms with van der Waals surface area (Å²) in [4.78, 5) is 2.47. The second-order valence-corrected chi connectivity index (χ2v) is 5.08. The van der Waals surface area contributed by atoms with Gasteiger partial charge in [-0.15, -0.1) is 0 Å². The van der Waals surface area contributed by atoms with E-state index in [2.05, 4.69) is 46.8 Å². The van der Waals surface area contributed by atoms with Gasteiger partial charge in [0.1, 0.15) is 0 Å². The first-order valence-corrected chi connectivity index (χ1v) is 6.72. The van der Waals surface area contributed by atoms with Gasteiger partial charge in [-0.1, -0.05) is 29.8 Å². The minimum Gasteiger partial charge on any atom is -0.399 e. The van der Waals surface area contributed by atoms with E-state index in [0.717, 1.165) is 29.8 Å². The van der Waals surface area contributed by atoms with E-state index in [1.54, 1.807) is 0 Å². The fourth-order valence-corrected chi connectivity index (χ4v) is 2.49. The highest BCUT2D eigenvalue weighted by Crippen LogP contribution is 2.18. The zero-order valence-electron chi connectivity index (χ0n) is 10.2. The minimum absolute atomic E-state index is 0.831. The molecule has 0 heterocycles. The first-order chi connectivity index (χ1) is 7.65. The molecule has 16 heavy (non-hydrogen) atoms. The van der Waals surface area contributed by atoms with Crippen LogP contribution in [0, 0.1) is 0 Å². The van der Waals surface area contributed by atoms with Crippen molar-refractivity contribution in [1.29, 1.82) is 0 Å². The first-order valence-electron chi connectivity index (χ1n) is 5.93. The number of hydrogen-bond donors (Lipinski definition) is 1. The van der Waals surface area contributed by atoms with E-state index >= 15 is 0 Å². The number of halogens is 1. The van der Waals surface area contributed by atoms with Crippen LogP contribution in [0.1, 0.15) is 32.3 Å². The lowest BCUT2D eigenvalue weighted by atomic mass is 10.2. The summed E-state index contributed by atoms with van der Waals surface area (Å²) in [5.74, 6) is 0. The summed E-state index contributed by atoms with van der Waals surface area (Å²) in [6.07, 6.45) is 2.40. The van der Waals surface area contributed by atoms with Crippen LogP contribution in [0.15, 0.2) is 22.7 Å². The van der Waals surface area contributed by atoms with E-state index in [-0.39, 0.29) is 0 Å². The largest absolute Gasteiger partial charge is 0.399 e. The van der Waals surface area contributed by atoms with Gasteiger partial charge in [0.05, 0.1) is 0 Å². The highest BCUT2D eigenvalue weighted by atomic mass is 79.9. The fraction of sp³-hybridized carbons (Fsp3) is 0.538. The third-order valence-electron chi connectivity index (χ3n) is 2.47. The molecule has 3 heteroatoms. The summed E-state index contributed by atoms with van der Waals surface area (Å²) in [6, 6.07) is 6.14. The Kier molecular flexibility index (Phi) is 5.85. The molecule has 0 saturated heterocycles. The summed E-state index contributed by atoms with van der Waals surface area (Å²) >= 11 is 3.48. The number of anilines is 1. The maximum Gasteiger partial charge on any atom is 0.0328 e. The topological polar surface area (TPSA) is 29.3 Å². The van der Waals surface area contributed by atoms with E-state index in [9.17, 15) is 0 Å². The lowest BCUT2D eigenvalue weighted by Crippen LogP contribution is -2.24. The molecule has 2 N–H and O–H groups in total. The van der Waals surface area contributed by atoms with Crippen LogP contribution in [0.3, 0.4) is 0 Å². The molecule has 0 bridgehead atoms. The lowest BCUT2D eigenvalue weighted by Gasteiger charge is -2.21. The smallest absolute Gasteiger partial charge is 0.0328 e. The average Bonchev–Trinajstić information content (AvgIpc) is 2.16. The van der Waals surface area contributed by atoms with Crippen molar-refractivity contribution in [3.63, 3.8) is 0 Å². The van der Waals surface area contributed by atoms with Crippen LogP contribution < -0.4 is 5.73 Å². The molecule has 0 aliphatic carbocycles. The van der Waals surface area contributed by atoms with Gasteiger partial charge in [0.15, 0.2) is 0 Å². The second-order valence-electron chi connectivity index (χ2n) is 4.17. The Hall–Kier alpha value is -0.540. The third kappa shape index (κ3) is 4.54. The highest BCUT2D eigenvalue weighted by molar-refractivity contribution is 9.10. The van der Waals surface area contributed by atoms with Gasteiger partial charge >= 0.3 is 0 Å². The van der Waals surface area contributed by atoms with Crippen molar-refractivity contribution in [3.05, 3.63) is 28.2 Å². The molecule has 1 aromatic carbocycles. The third-order valence-corrected chi connectivity index (χ3v) is 2.92. The van der Waals surface area contributed by atoms with Crippen molar-refractivity contribution in [3.8, 4) is 0 Å². The number of nitrogens with zero attached hydrogens (tertiary/aromatic N) is 1. The van der Waals surface area contributed by atoms with E-state index in [1.165, 1.54) is 18.4 Å². The van der Waals surface area contributed by atoms with Gasteiger partial charge in [-0.05, 0) is 49.7 Å². The van der Waals surface area contributed by atoms with Crippen LogP contribution in [0.25, 0.3) is 0 Å². The van der Waals surface area contributed by atoms with Crippen LogP contribution in [0.2, 0.25) is 0 Å². The van der Waals surface area contributed by atoms with Crippen molar-refractivity contribution >= 4 is 21.6 Å². The Labute approximate surface area is 107 Å². The lowest BCUT2D eigenvalue weighted by molar-refractivity contribution is 0.266. The quantitative estimate of drug-likeness (QED) is 0.808. The van der Waals surface area contributed by atoms with E-state index in [0.29, 0.717) is 0 Å². The highest BCUT2D eigenvalue weighted by Gasteiger charge is 2.05. The van der Waals surface area contributed by atoms with Crippen LogP contribution in [0.4, 0.5) is 5.69 Å². The van der Waals surface area contributed by atoms with Crippen LogP contribution in [-0.4, -0.2) is 18.0 Å². The van der Waals surface area contributed by atoms with Gasteiger partial charge in [-0.3, -0.25) is 4.90 Å². The number of nitrogen functional groups attached to an aromatic ring is 1. The van der Waals surface area contributed by atoms with Gasteiger partial charge in [0.25, 0.3) is 0 Å². The standard InChI is InChI=1S/C13H21BrN2/c1-3-5-16(6-4-2)10-11-7-12(14)9-13(15)8-11/h7-9H,3-6,10,15H2,1-2H3. The van der Waals surface area contributed by atoms with Gasteiger partial charge < -0.3 is 5.73 Å². The van der Waals surface area contributed by atoms with Crippen LogP contribution in [0.5, 0.6) is 0 Å².